The van der Waals surface area contributed by atoms with Gasteiger partial charge >= 0.3 is 5.97 Å². The van der Waals surface area contributed by atoms with Gasteiger partial charge in [-0.3, -0.25) is 19.5 Å². The van der Waals surface area contributed by atoms with Gasteiger partial charge in [-0.2, -0.15) is 0 Å². The van der Waals surface area contributed by atoms with Gasteiger partial charge in [0.2, 0.25) is 0 Å². The van der Waals surface area contributed by atoms with E-state index in [0.717, 1.165) is 29.5 Å². The summed E-state index contributed by atoms with van der Waals surface area (Å²) >= 11 is 7.19. The standard InChI is InChI=1S/C24H20ClN3O8S/c1-4-36-23(32)19-11(2)26-24-27(20(19)13-8-15(25)21(30)17(9-13)35-3)22(31)18(37-24)10-12-7-14(28(33)34)5-6-16(12)29/h5-10,20,29-30H,4H2,1-3H3/b18-10+. The number of carbonyl (C=O) groups is 1. The number of phenols is 2. The summed E-state index contributed by atoms with van der Waals surface area (Å²) in [5.41, 5.74) is -0.0342. The van der Waals surface area contributed by atoms with Crippen LogP contribution >= 0.6 is 22.9 Å². The molecule has 37 heavy (non-hydrogen) atoms. The highest BCUT2D eigenvalue weighted by atomic mass is 35.5. The van der Waals surface area contributed by atoms with Crippen molar-refractivity contribution in [2.24, 2.45) is 4.99 Å². The van der Waals surface area contributed by atoms with E-state index in [1.54, 1.807) is 13.8 Å². The Morgan fingerprint density at radius 3 is 2.70 bits per heavy atom. The Bertz CT molecular complexity index is 1660. The molecule has 2 heterocycles. The average molecular weight is 546 g/mol. The van der Waals surface area contributed by atoms with E-state index in [0.29, 0.717) is 11.3 Å². The van der Waals surface area contributed by atoms with E-state index < -0.39 is 22.5 Å². The monoisotopic (exact) mass is 545 g/mol. The van der Waals surface area contributed by atoms with Crippen LogP contribution in [-0.2, 0) is 9.53 Å². The number of hydrogen-bond donors (Lipinski definition) is 2. The largest absolute Gasteiger partial charge is 0.507 e. The van der Waals surface area contributed by atoms with Crippen LogP contribution in [0, 0.1) is 10.1 Å². The molecule has 11 nitrogen and oxygen atoms in total. The number of carbonyl (C=O) groups excluding carboxylic acids is 1. The van der Waals surface area contributed by atoms with Gasteiger partial charge in [0.25, 0.3) is 11.2 Å². The number of ether oxygens (including phenoxy) is 2. The Balaban J connectivity index is 2.01. The van der Waals surface area contributed by atoms with Crippen molar-refractivity contribution in [1.29, 1.82) is 0 Å². The van der Waals surface area contributed by atoms with Gasteiger partial charge in [0.1, 0.15) is 5.75 Å². The molecule has 192 valence electrons. The third-order valence-electron chi connectivity index (χ3n) is 5.61. The number of nitro benzene ring substituents is 1. The fourth-order valence-electron chi connectivity index (χ4n) is 3.93. The molecule has 4 rings (SSSR count). The topological polar surface area (TPSA) is 153 Å². The summed E-state index contributed by atoms with van der Waals surface area (Å²) in [6.07, 6.45) is 1.32. The number of thiazole rings is 1. The SMILES string of the molecule is CCOC(=O)C1=C(C)N=c2s/c(=C/c3cc([N+](=O)[O-])ccc3O)c(=O)n2C1c1cc(Cl)c(O)c(OC)c1. The summed E-state index contributed by atoms with van der Waals surface area (Å²) in [6.45, 7) is 3.32. The van der Waals surface area contributed by atoms with E-state index in [-0.39, 0.29) is 55.0 Å². The highest BCUT2D eigenvalue weighted by molar-refractivity contribution is 7.07. The maximum absolute atomic E-state index is 13.6. The number of hydrogen-bond acceptors (Lipinski definition) is 10. The number of phenolic OH excluding ortho intramolecular Hbond substituents is 2. The highest BCUT2D eigenvalue weighted by Crippen LogP contribution is 2.40. The summed E-state index contributed by atoms with van der Waals surface area (Å²) in [7, 11) is 1.33. The molecule has 2 aromatic carbocycles. The lowest BCUT2D eigenvalue weighted by Gasteiger charge is -2.25. The lowest BCUT2D eigenvalue weighted by Crippen LogP contribution is -2.40. The van der Waals surface area contributed by atoms with E-state index in [9.17, 15) is 29.9 Å². The van der Waals surface area contributed by atoms with E-state index in [1.165, 1.54) is 29.9 Å². The predicted molar refractivity (Wildman–Crippen MR) is 135 cm³/mol. The molecule has 3 aromatic rings. The van der Waals surface area contributed by atoms with Gasteiger partial charge in [-0.1, -0.05) is 22.9 Å². The Labute approximate surface area is 218 Å². The molecule has 0 fully saturated rings. The molecule has 1 aliphatic rings. The molecule has 0 aliphatic carbocycles. The molecule has 0 saturated heterocycles. The summed E-state index contributed by atoms with van der Waals surface area (Å²) in [4.78, 5) is 41.9. The van der Waals surface area contributed by atoms with E-state index >= 15 is 0 Å². The van der Waals surface area contributed by atoms with Gasteiger partial charge in [0.05, 0.1) is 45.5 Å². The van der Waals surface area contributed by atoms with Crippen LogP contribution in [0.15, 0.2) is 51.4 Å². The minimum atomic E-state index is -1.04. The fourth-order valence-corrected chi connectivity index (χ4v) is 5.18. The van der Waals surface area contributed by atoms with Crippen molar-refractivity contribution in [3.05, 3.63) is 87.6 Å². The summed E-state index contributed by atoms with van der Waals surface area (Å²) in [5, 5.41) is 31.6. The van der Waals surface area contributed by atoms with Gasteiger partial charge in [-0.15, -0.1) is 0 Å². The minimum absolute atomic E-state index is 0.0315. The number of aromatic hydroxyl groups is 2. The van der Waals surface area contributed by atoms with Crippen LogP contribution < -0.4 is 19.6 Å². The third kappa shape index (κ3) is 4.68. The average Bonchev–Trinajstić information content (AvgIpc) is 3.15. The number of halogens is 1. The van der Waals surface area contributed by atoms with E-state index in [2.05, 4.69) is 4.99 Å². The van der Waals surface area contributed by atoms with Crippen LogP contribution in [0.25, 0.3) is 6.08 Å². The van der Waals surface area contributed by atoms with Gasteiger partial charge in [-0.05, 0) is 43.7 Å². The molecular weight excluding hydrogens is 526 g/mol. The van der Waals surface area contributed by atoms with Crippen LogP contribution in [0.2, 0.25) is 5.02 Å². The number of benzene rings is 2. The molecule has 0 spiro atoms. The molecule has 1 unspecified atom stereocenters. The van der Waals surface area contributed by atoms with E-state index in [1.807, 2.05) is 0 Å². The smallest absolute Gasteiger partial charge is 0.338 e. The Hall–Kier alpha value is -4.16. The number of non-ortho nitro benzene ring substituents is 1. The number of aromatic nitrogens is 1. The van der Waals surface area contributed by atoms with Crippen LogP contribution in [0.4, 0.5) is 5.69 Å². The first kappa shape index (κ1) is 25.9. The molecule has 0 amide bonds. The second-order valence-corrected chi connectivity index (χ2v) is 9.27. The lowest BCUT2D eigenvalue weighted by atomic mass is 9.95. The number of esters is 1. The van der Waals surface area contributed by atoms with Crippen LogP contribution in [-0.4, -0.2) is 39.4 Å². The lowest BCUT2D eigenvalue weighted by molar-refractivity contribution is -0.384. The fraction of sp³-hybridized carbons (Fsp3) is 0.208. The van der Waals surface area contributed by atoms with Crippen LogP contribution in [0.3, 0.4) is 0 Å². The number of nitrogens with zero attached hydrogens (tertiary/aromatic N) is 3. The first-order valence-electron chi connectivity index (χ1n) is 10.8. The number of fused-ring (bicyclic) bond motifs is 1. The maximum Gasteiger partial charge on any atom is 0.338 e. The van der Waals surface area contributed by atoms with Gasteiger partial charge in [0, 0.05) is 17.7 Å². The van der Waals surface area contributed by atoms with Crippen molar-refractivity contribution in [2.45, 2.75) is 19.9 Å². The first-order chi connectivity index (χ1) is 17.6. The molecule has 2 N–H and O–H groups in total. The number of allylic oxidation sites excluding steroid dienone is 1. The van der Waals surface area contributed by atoms with Gasteiger partial charge < -0.3 is 19.7 Å². The summed E-state index contributed by atoms with van der Waals surface area (Å²) in [5.74, 6) is -1.22. The predicted octanol–water partition coefficient (Wildman–Crippen LogP) is 2.78. The van der Waals surface area contributed by atoms with Crippen molar-refractivity contribution >= 4 is 40.7 Å². The van der Waals surface area contributed by atoms with Gasteiger partial charge in [0.15, 0.2) is 16.3 Å². The van der Waals surface area contributed by atoms with Crippen molar-refractivity contribution in [3.63, 3.8) is 0 Å². The molecule has 1 aliphatic heterocycles. The Morgan fingerprint density at radius 2 is 2.05 bits per heavy atom. The number of nitro groups is 1. The van der Waals surface area contributed by atoms with Crippen molar-refractivity contribution in [3.8, 4) is 17.2 Å². The normalized spacial score (nSPS) is 15.2. The summed E-state index contributed by atoms with van der Waals surface area (Å²) in [6, 6.07) is 5.27. The highest BCUT2D eigenvalue weighted by Gasteiger charge is 2.34. The second kappa shape index (κ2) is 10.1. The quantitative estimate of drug-likeness (QED) is 0.272. The molecular formula is C24H20ClN3O8S. The van der Waals surface area contributed by atoms with Crippen molar-refractivity contribution in [1.82, 2.24) is 4.57 Å². The molecule has 0 bridgehead atoms. The van der Waals surface area contributed by atoms with Crippen LogP contribution in [0.5, 0.6) is 17.2 Å². The molecule has 13 heteroatoms. The summed E-state index contributed by atoms with van der Waals surface area (Å²) < 4.78 is 11.8. The van der Waals surface area contributed by atoms with E-state index in [4.69, 9.17) is 21.1 Å². The zero-order chi connectivity index (χ0) is 27.0. The van der Waals surface area contributed by atoms with Crippen molar-refractivity contribution < 1.29 is 29.4 Å². The molecule has 0 saturated carbocycles. The molecule has 1 aromatic heterocycles. The Morgan fingerprint density at radius 1 is 1.32 bits per heavy atom. The van der Waals surface area contributed by atoms with Crippen LogP contribution in [0.1, 0.15) is 31.0 Å². The minimum Gasteiger partial charge on any atom is -0.507 e. The Kier molecular flexibility index (Phi) is 7.05. The maximum atomic E-state index is 13.6. The van der Waals surface area contributed by atoms with Crippen molar-refractivity contribution in [2.75, 3.05) is 13.7 Å². The first-order valence-corrected chi connectivity index (χ1v) is 12.0. The third-order valence-corrected chi connectivity index (χ3v) is 6.88. The zero-order valence-corrected chi connectivity index (χ0v) is 21.3. The second-order valence-electron chi connectivity index (χ2n) is 7.86. The molecule has 1 atom stereocenters. The molecule has 0 radical (unpaired) electrons. The van der Waals surface area contributed by atoms with Gasteiger partial charge in [-0.25, -0.2) is 9.79 Å². The zero-order valence-electron chi connectivity index (χ0n) is 19.7. The number of rotatable bonds is 6. The number of methoxy groups -OCH3 is 1.